The number of fused-ring (bicyclic) bond motifs is 2. The predicted octanol–water partition coefficient (Wildman–Crippen LogP) is 5.50. The Morgan fingerprint density at radius 1 is 1.03 bits per heavy atom. The summed E-state index contributed by atoms with van der Waals surface area (Å²) < 4.78 is 18.0. The highest BCUT2D eigenvalue weighted by atomic mass is 35.5. The van der Waals surface area contributed by atoms with Crippen molar-refractivity contribution in [2.24, 2.45) is 0 Å². The van der Waals surface area contributed by atoms with Gasteiger partial charge in [-0.1, -0.05) is 29.8 Å². The van der Waals surface area contributed by atoms with Crippen LogP contribution >= 0.6 is 11.6 Å². The molecule has 0 saturated carbocycles. The highest BCUT2D eigenvalue weighted by molar-refractivity contribution is 6.31. The molecule has 5 rings (SSSR count). The number of esters is 1. The molecule has 4 aromatic rings. The quantitative estimate of drug-likeness (QED) is 0.372. The summed E-state index contributed by atoms with van der Waals surface area (Å²) in [6, 6.07) is 19.8. The Hall–Kier alpha value is -3.97. The van der Waals surface area contributed by atoms with Crippen molar-refractivity contribution in [3.63, 3.8) is 0 Å². The van der Waals surface area contributed by atoms with Crippen molar-refractivity contribution in [1.82, 2.24) is 4.57 Å². The Balaban J connectivity index is 1.53. The Morgan fingerprint density at radius 2 is 1.79 bits per heavy atom. The van der Waals surface area contributed by atoms with Crippen molar-refractivity contribution < 1.29 is 23.8 Å². The summed E-state index contributed by atoms with van der Waals surface area (Å²) in [5, 5.41) is 4.11. The molecule has 1 aliphatic heterocycles. The lowest BCUT2D eigenvalue weighted by Gasteiger charge is -2.13. The van der Waals surface area contributed by atoms with Gasteiger partial charge in [-0.05, 0) is 55.0 Å². The van der Waals surface area contributed by atoms with E-state index in [0.29, 0.717) is 40.0 Å². The maximum atomic E-state index is 12.8. The molecule has 0 atom stereocenters. The maximum absolute atomic E-state index is 12.8. The van der Waals surface area contributed by atoms with Crippen LogP contribution in [0.15, 0.2) is 66.7 Å². The number of halogens is 1. The van der Waals surface area contributed by atoms with Crippen molar-refractivity contribution in [2.45, 2.75) is 13.5 Å². The number of aromatic nitrogens is 1. The molecule has 1 N–H and O–H groups in total. The van der Waals surface area contributed by atoms with Crippen LogP contribution in [0.1, 0.15) is 33.3 Å². The third-order valence-electron chi connectivity index (χ3n) is 5.55. The van der Waals surface area contributed by atoms with Crippen molar-refractivity contribution in [3.8, 4) is 11.5 Å². The van der Waals surface area contributed by atoms with Crippen LogP contribution in [0.5, 0.6) is 11.5 Å². The zero-order valence-electron chi connectivity index (χ0n) is 18.3. The largest absolute Gasteiger partial charge is 0.461 e. The highest BCUT2D eigenvalue weighted by Crippen LogP contribution is 2.37. The van der Waals surface area contributed by atoms with Crippen LogP contribution in [0.25, 0.3) is 10.9 Å². The minimum atomic E-state index is -0.453. The molecule has 0 unspecified atom stereocenters. The third-order valence-corrected chi connectivity index (χ3v) is 5.90. The van der Waals surface area contributed by atoms with Gasteiger partial charge in [0.25, 0.3) is 5.91 Å². The van der Waals surface area contributed by atoms with Gasteiger partial charge in [0.1, 0.15) is 5.69 Å². The molecule has 34 heavy (non-hydrogen) atoms. The van der Waals surface area contributed by atoms with Gasteiger partial charge in [0.2, 0.25) is 6.79 Å². The summed E-state index contributed by atoms with van der Waals surface area (Å²) in [6.45, 7) is 2.45. The van der Waals surface area contributed by atoms with Crippen LogP contribution in [0, 0.1) is 0 Å². The first-order chi connectivity index (χ1) is 16.5. The average Bonchev–Trinajstić information content (AvgIpc) is 3.44. The maximum Gasteiger partial charge on any atom is 0.354 e. The molecule has 0 bridgehead atoms. The van der Waals surface area contributed by atoms with Gasteiger partial charge < -0.3 is 24.1 Å². The summed E-state index contributed by atoms with van der Waals surface area (Å²) in [5.41, 5.74) is 3.08. The molecule has 0 aliphatic carbocycles. The Kier molecular flexibility index (Phi) is 5.86. The number of benzene rings is 3. The number of nitrogens with one attached hydrogen (secondary N) is 1. The first-order valence-corrected chi connectivity index (χ1v) is 11.2. The number of ether oxygens (including phenoxy) is 3. The van der Waals surface area contributed by atoms with Gasteiger partial charge in [0.05, 0.1) is 13.2 Å². The topological polar surface area (TPSA) is 78.8 Å². The summed E-state index contributed by atoms with van der Waals surface area (Å²) in [6.07, 6.45) is 0. The molecular weight excluding hydrogens is 456 g/mol. The second-order valence-electron chi connectivity index (χ2n) is 7.73. The number of carbonyl (C=O) groups excluding carboxylic acids is 2. The molecule has 8 heteroatoms. The molecule has 0 saturated heterocycles. The van der Waals surface area contributed by atoms with E-state index in [4.69, 9.17) is 25.8 Å². The van der Waals surface area contributed by atoms with Gasteiger partial charge in [-0.3, -0.25) is 4.79 Å². The van der Waals surface area contributed by atoms with E-state index >= 15 is 0 Å². The number of para-hydroxylation sites is 1. The number of rotatable bonds is 6. The van der Waals surface area contributed by atoms with E-state index in [-0.39, 0.29) is 19.3 Å². The van der Waals surface area contributed by atoms with Crippen LogP contribution in [0.3, 0.4) is 0 Å². The third kappa shape index (κ3) is 4.18. The number of anilines is 1. The highest BCUT2D eigenvalue weighted by Gasteiger charge is 2.21. The minimum absolute atomic E-state index is 0.142. The first kappa shape index (κ1) is 21.9. The van der Waals surface area contributed by atoms with Crippen LogP contribution in [0.4, 0.5) is 5.69 Å². The molecule has 1 aliphatic rings. The fraction of sp³-hybridized carbons (Fsp3) is 0.154. The lowest BCUT2D eigenvalue weighted by atomic mass is 10.1. The van der Waals surface area contributed by atoms with E-state index in [1.807, 2.05) is 47.0 Å². The van der Waals surface area contributed by atoms with Crippen LogP contribution in [0.2, 0.25) is 5.02 Å². The number of nitrogens with zero attached hydrogens (tertiary/aromatic N) is 1. The van der Waals surface area contributed by atoms with Crippen molar-refractivity contribution in [1.29, 1.82) is 0 Å². The van der Waals surface area contributed by atoms with E-state index < -0.39 is 5.97 Å². The number of carbonyl (C=O) groups is 2. The lowest BCUT2D eigenvalue weighted by Crippen LogP contribution is -2.13. The predicted molar refractivity (Wildman–Crippen MR) is 129 cm³/mol. The Labute approximate surface area is 200 Å². The average molecular weight is 477 g/mol. The molecular formula is C26H21ClN2O5. The summed E-state index contributed by atoms with van der Waals surface area (Å²) in [4.78, 5) is 25.5. The molecule has 1 amide bonds. The molecule has 0 radical (unpaired) electrons. The summed E-state index contributed by atoms with van der Waals surface area (Å²) in [5.74, 6) is 0.502. The SMILES string of the molecule is CCOC(=O)c1cc2cc(C(=O)Nc3ccccc3)ccc2n1Cc1cc2c(cc1Cl)OCO2. The van der Waals surface area contributed by atoms with Crippen molar-refractivity contribution in [2.75, 3.05) is 18.7 Å². The second kappa shape index (κ2) is 9.11. The van der Waals surface area contributed by atoms with Crippen LogP contribution in [-0.2, 0) is 11.3 Å². The van der Waals surface area contributed by atoms with Gasteiger partial charge in [0.15, 0.2) is 11.5 Å². The van der Waals surface area contributed by atoms with E-state index in [9.17, 15) is 9.59 Å². The van der Waals surface area contributed by atoms with E-state index in [1.54, 1.807) is 31.2 Å². The zero-order valence-corrected chi connectivity index (χ0v) is 19.1. The smallest absolute Gasteiger partial charge is 0.354 e. The van der Waals surface area contributed by atoms with Crippen LogP contribution in [-0.4, -0.2) is 29.8 Å². The number of hydrogen-bond acceptors (Lipinski definition) is 5. The normalized spacial score (nSPS) is 12.1. The lowest BCUT2D eigenvalue weighted by molar-refractivity contribution is 0.0515. The first-order valence-electron chi connectivity index (χ1n) is 10.8. The van der Waals surface area contributed by atoms with Gasteiger partial charge in [-0.2, -0.15) is 0 Å². The van der Waals surface area contributed by atoms with Gasteiger partial charge in [-0.15, -0.1) is 0 Å². The Morgan fingerprint density at radius 3 is 2.56 bits per heavy atom. The zero-order chi connectivity index (χ0) is 23.7. The van der Waals surface area contributed by atoms with Crippen molar-refractivity contribution >= 4 is 40.1 Å². The molecule has 7 nitrogen and oxygen atoms in total. The fourth-order valence-corrected chi connectivity index (χ4v) is 4.15. The number of hydrogen-bond donors (Lipinski definition) is 1. The van der Waals surface area contributed by atoms with E-state index in [1.165, 1.54) is 0 Å². The van der Waals surface area contributed by atoms with Crippen LogP contribution < -0.4 is 14.8 Å². The molecule has 3 aromatic carbocycles. The molecule has 0 fully saturated rings. The molecule has 172 valence electrons. The van der Waals surface area contributed by atoms with Gasteiger partial charge in [0, 0.05) is 33.2 Å². The minimum Gasteiger partial charge on any atom is -0.461 e. The van der Waals surface area contributed by atoms with Crippen molar-refractivity contribution in [3.05, 3.63) is 88.6 Å². The van der Waals surface area contributed by atoms with Gasteiger partial charge >= 0.3 is 5.97 Å². The van der Waals surface area contributed by atoms with E-state index in [2.05, 4.69) is 5.32 Å². The monoisotopic (exact) mass is 476 g/mol. The molecule has 1 aromatic heterocycles. The van der Waals surface area contributed by atoms with E-state index in [0.717, 1.165) is 16.5 Å². The number of amides is 1. The summed E-state index contributed by atoms with van der Waals surface area (Å²) >= 11 is 6.49. The standard InChI is InChI=1S/C26H21ClN2O5/c1-2-32-26(31)22-11-17-10-16(25(30)28-19-6-4-3-5-7-19)8-9-21(17)29(22)14-18-12-23-24(13-20(18)27)34-15-33-23/h3-13H,2,14-15H2,1H3,(H,28,30). The molecule has 2 heterocycles. The Bertz CT molecular complexity index is 1400. The second-order valence-corrected chi connectivity index (χ2v) is 8.13. The fourth-order valence-electron chi connectivity index (χ4n) is 3.93. The molecule has 0 spiro atoms. The van der Waals surface area contributed by atoms with Gasteiger partial charge in [-0.25, -0.2) is 4.79 Å². The summed E-state index contributed by atoms with van der Waals surface area (Å²) in [7, 11) is 0.